The standard InChI is InChI=1S/C17H20N2O4/c20-16(18-13-8-6-12(7-9-13)17(21)22)15-10-14(19-23-15)11-4-2-1-3-5-11/h1-5,12-13,15H,6-10H2,(H,18,20)(H,21,22). The number of nitrogens with zero attached hydrogens (tertiary/aromatic N) is 1. The molecular weight excluding hydrogens is 296 g/mol. The highest BCUT2D eigenvalue weighted by atomic mass is 16.6. The van der Waals surface area contributed by atoms with Crippen LogP contribution in [0.25, 0.3) is 0 Å². The van der Waals surface area contributed by atoms with E-state index in [0.29, 0.717) is 32.1 Å². The molecule has 1 aliphatic heterocycles. The lowest BCUT2D eigenvalue weighted by Crippen LogP contribution is -2.43. The van der Waals surface area contributed by atoms with Crippen molar-refractivity contribution < 1.29 is 19.5 Å². The van der Waals surface area contributed by atoms with Crippen molar-refractivity contribution >= 4 is 17.6 Å². The number of hydrogen-bond acceptors (Lipinski definition) is 4. The summed E-state index contributed by atoms with van der Waals surface area (Å²) in [7, 11) is 0. The highest BCUT2D eigenvalue weighted by Gasteiger charge is 2.32. The molecule has 3 rings (SSSR count). The van der Waals surface area contributed by atoms with Gasteiger partial charge in [-0.15, -0.1) is 0 Å². The molecule has 1 amide bonds. The molecule has 0 bridgehead atoms. The number of hydrogen-bond donors (Lipinski definition) is 2. The number of aliphatic carboxylic acids is 1. The third-order valence-electron chi connectivity index (χ3n) is 4.49. The van der Waals surface area contributed by atoms with Crippen molar-refractivity contribution in [2.24, 2.45) is 11.1 Å². The zero-order chi connectivity index (χ0) is 16.2. The number of carbonyl (C=O) groups is 2. The lowest BCUT2D eigenvalue weighted by molar-refractivity contribution is -0.142. The van der Waals surface area contributed by atoms with Crippen LogP contribution in [0.1, 0.15) is 37.7 Å². The van der Waals surface area contributed by atoms with Crippen LogP contribution in [0.2, 0.25) is 0 Å². The van der Waals surface area contributed by atoms with Crippen LogP contribution < -0.4 is 5.32 Å². The van der Waals surface area contributed by atoms with Crippen molar-refractivity contribution in [2.75, 3.05) is 0 Å². The van der Waals surface area contributed by atoms with Gasteiger partial charge in [0, 0.05) is 12.5 Å². The molecule has 0 saturated heterocycles. The second kappa shape index (κ2) is 6.81. The van der Waals surface area contributed by atoms with E-state index >= 15 is 0 Å². The number of oxime groups is 1. The molecule has 0 spiro atoms. The van der Waals surface area contributed by atoms with Crippen molar-refractivity contribution in [1.29, 1.82) is 0 Å². The minimum Gasteiger partial charge on any atom is -0.481 e. The predicted molar refractivity (Wildman–Crippen MR) is 84.0 cm³/mol. The topological polar surface area (TPSA) is 88.0 Å². The van der Waals surface area contributed by atoms with Crippen molar-refractivity contribution in [2.45, 2.75) is 44.2 Å². The van der Waals surface area contributed by atoms with Crippen LogP contribution in [-0.2, 0) is 14.4 Å². The first-order chi connectivity index (χ1) is 11.1. The first kappa shape index (κ1) is 15.5. The highest BCUT2D eigenvalue weighted by Crippen LogP contribution is 2.25. The molecule has 23 heavy (non-hydrogen) atoms. The Balaban J connectivity index is 1.48. The number of carboxylic acids is 1. The van der Waals surface area contributed by atoms with Gasteiger partial charge in [-0.3, -0.25) is 9.59 Å². The van der Waals surface area contributed by atoms with Gasteiger partial charge in [0.2, 0.25) is 6.10 Å². The molecule has 1 aliphatic carbocycles. The average molecular weight is 316 g/mol. The van der Waals surface area contributed by atoms with Crippen LogP contribution >= 0.6 is 0 Å². The fourth-order valence-electron chi connectivity index (χ4n) is 3.10. The van der Waals surface area contributed by atoms with Crippen LogP contribution in [0.4, 0.5) is 0 Å². The molecular formula is C17H20N2O4. The van der Waals surface area contributed by atoms with Gasteiger partial charge < -0.3 is 15.3 Å². The summed E-state index contributed by atoms with van der Waals surface area (Å²) < 4.78 is 0. The highest BCUT2D eigenvalue weighted by molar-refractivity contribution is 6.04. The van der Waals surface area contributed by atoms with Gasteiger partial charge in [-0.2, -0.15) is 0 Å². The Kier molecular flexibility index (Phi) is 4.60. The van der Waals surface area contributed by atoms with E-state index in [-0.39, 0.29) is 17.9 Å². The first-order valence-corrected chi connectivity index (χ1v) is 7.95. The van der Waals surface area contributed by atoms with Crippen molar-refractivity contribution in [1.82, 2.24) is 5.32 Å². The lowest BCUT2D eigenvalue weighted by Gasteiger charge is -2.27. The van der Waals surface area contributed by atoms with Crippen LogP contribution in [-0.4, -0.2) is 34.8 Å². The van der Waals surface area contributed by atoms with Crippen LogP contribution in [0.3, 0.4) is 0 Å². The van der Waals surface area contributed by atoms with Crippen LogP contribution in [0.5, 0.6) is 0 Å². The molecule has 0 aromatic heterocycles. The second-order valence-corrected chi connectivity index (χ2v) is 6.10. The third-order valence-corrected chi connectivity index (χ3v) is 4.49. The van der Waals surface area contributed by atoms with Crippen molar-refractivity contribution in [3.8, 4) is 0 Å². The van der Waals surface area contributed by atoms with E-state index in [1.54, 1.807) is 0 Å². The zero-order valence-corrected chi connectivity index (χ0v) is 12.8. The Hall–Kier alpha value is -2.37. The maximum Gasteiger partial charge on any atom is 0.306 e. The van der Waals surface area contributed by atoms with E-state index in [9.17, 15) is 9.59 Å². The van der Waals surface area contributed by atoms with Crippen LogP contribution in [0.15, 0.2) is 35.5 Å². The maximum absolute atomic E-state index is 12.3. The summed E-state index contributed by atoms with van der Waals surface area (Å²) in [4.78, 5) is 28.5. The van der Waals surface area contributed by atoms with Gasteiger partial charge in [0.25, 0.3) is 5.91 Å². The van der Waals surface area contributed by atoms with E-state index in [0.717, 1.165) is 11.3 Å². The van der Waals surface area contributed by atoms with Gasteiger partial charge in [-0.1, -0.05) is 35.5 Å². The van der Waals surface area contributed by atoms with Gasteiger partial charge >= 0.3 is 5.97 Å². The Bertz CT molecular complexity index is 606. The molecule has 1 fully saturated rings. The van der Waals surface area contributed by atoms with E-state index in [1.807, 2.05) is 30.3 Å². The Morgan fingerprint density at radius 1 is 1.13 bits per heavy atom. The summed E-state index contributed by atoms with van der Waals surface area (Å²) in [5.41, 5.74) is 1.74. The number of amides is 1. The lowest BCUT2D eigenvalue weighted by atomic mass is 9.86. The quantitative estimate of drug-likeness (QED) is 0.888. The van der Waals surface area contributed by atoms with Gasteiger partial charge in [0.1, 0.15) is 0 Å². The van der Waals surface area contributed by atoms with Crippen LogP contribution in [0, 0.1) is 5.92 Å². The minimum absolute atomic E-state index is 0.0301. The summed E-state index contributed by atoms with van der Waals surface area (Å²) in [5, 5.41) is 16.0. The largest absolute Gasteiger partial charge is 0.481 e. The van der Waals surface area contributed by atoms with Crippen molar-refractivity contribution in [3.63, 3.8) is 0 Å². The summed E-state index contributed by atoms with van der Waals surface area (Å²) in [5.74, 6) is -1.19. The summed E-state index contributed by atoms with van der Waals surface area (Å²) in [6.45, 7) is 0. The summed E-state index contributed by atoms with van der Waals surface area (Å²) in [6, 6.07) is 9.68. The fourth-order valence-corrected chi connectivity index (χ4v) is 3.10. The van der Waals surface area contributed by atoms with Gasteiger partial charge in [0.05, 0.1) is 11.6 Å². The monoisotopic (exact) mass is 316 g/mol. The molecule has 2 aliphatic rings. The first-order valence-electron chi connectivity index (χ1n) is 7.95. The Morgan fingerprint density at radius 3 is 2.48 bits per heavy atom. The number of rotatable bonds is 4. The maximum atomic E-state index is 12.3. The molecule has 6 nitrogen and oxygen atoms in total. The molecule has 1 heterocycles. The third kappa shape index (κ3) is 3.70. The molecule has 1 saturated carbocycles. The van der Waals surface area contributed by atoms with E-state index in [2.05, 4.69) is 10.5 Å². The molecule has 1 unspecified atom stereocenters. The van der Waals surface area contributed by atoms with Gasteiger partial charge in [0.15, 0.2) is 0 Å². The molecule has 0 radical (unpaired) electrons. The van der Waals surface area contributed by atoms with Gasteiger partial charge in [-0.05, 0) is 31.2 Å². The molecule has 6 heteroatoms. The molecule has 122 valence electrons. The number of nitrogens with one attached hydrogen (secondary N) is 1. The minimum atomic E-state index is -0.741. The number of carbonyl (C=O) groups excluding carboxylic acids is 1. The molecule has 1 atom stereocenters. The SMILES string of the molecule is O=C(O)C1CCC(NC(=O)C2CC(c3ccccc3)=NO2)CC1. The Labute approximate surface area is 134 Å². The zero-order valence-electron chi connectivity index (χ0n) is 12.8. The van der Waals surface area contributed by atoms with Gasteiger partial charge in [-0.25, -0.2) is 0 Å². The number of benzene rings is 1. The van der Waals surface area contributed by atoms with Crippen molar-refractivity contribution in [3.05, 3.63) is 35.9 Å². The second-order valence-electron chi connectivity index (χ2n) is 6.10. The average Bonchev–Trinajstić information content (AvgIpc) is 3.06. The predicted octanol–water partition coefficient (Wildman–Crippen LogP) is 1.94. The smallest absolute Gasteiger partial charge is 0.306 e. The van der Waals surface area contributed by atoms with E-state index < -0.39 is 12.1 Å². The van der Waals surface area contributed by atoms with E-state index in [1.165, 1.54) is 0 Å². The molecule has 1 aromatic rings. The normalized spacial score (nSPS) is 27.0. The number of carboxylic acid groups (broad SMARTS) is 1. The Morgan fingerprint density at radius 2 is 1.83 bits per heavy atom. The summed E-state index contributed by atoms with van der Waals surface area (Å²) >= 11 is 0. The molecule has 2 N–H and O–H groups in total. The van der Waals surface area contributed by atoms with E-state index in [4.69, 9.17) is 9.94 Å². The summed E-state index contributed by atoms with van der Waals surface area (Å²) in [6.07, 6.45) is 2.47. The fraction of sp³-hybridized carbons (Fsp3) is 0.471. The molecule has 1 aromatic carbocycles.